The van der Waals surface area contributed by atoms with Gasteiger partial charge in [0.2, 0.25) is 0 Å². The van der Waals surface area contributed by atoms with E-state index in [1.165, 1.54) is 39.9 Å². The molecule has 0 spiro atoms. The van der Waals surface area contributed by atoms with Crippen LogP contribution in [0.25, 0.3) is 22.7 Å². The van der Waals surface area contributed by atoms with Gasteiger partial charge < -0.3 is 14.0 Å². The van der Waals surface area contributed by atoms with Crippen LogP contribution < -0.4 is 0 Å². The van der Waals surface area contributed by atoms with Crippen molar-refractivity contribution in [3.63, 3.8) is 0 Å². The summed E-state index contributed by atoms with van der Waals surface area (Å²) in [5, 5.41) is 1.96. The van der Waals surface area contributed by atoms with Crippen molar-refractivity contribution in [2.75, 3.05) is 26.3 Å². The Labute approximate surface area is 227 Å². The molecule has 0 N–H and O–H groups in total. The lowest BCUT2D eigenvalue weighted by Gasteiger charge is -2.31. The second-order valence-corrected chi connectivity index (χ2v) is 10.5. The Hall–Kier alpha value is -3.03. The van der Waals surface area contributed by atoms with Crippen molar-refractivity contribution in [3.8, 4) is 0 Å². The van der Waals surface area contributed by atoms with E-state index in [-0.39, 0.29) is 5.82 Å². The fourth-order valence-electron chi connectivity index (χ4n) is 5.79. The van der Waals surface area contributed by atoms with E-state index in [9.17, 15) is 4.39 Å². The van der Waals surface area contributed by atoms with Crippen molar-refractivity contribution in [2.45, 2.75) is 38.5 Å². The highest BCUT2D eigenvalue weighted by Gasteiger charge is 2.38. The Balaban J connectivity index is 1.22. The van der Waals surface area contributed by atoms with Crippen molar-refractivity contribution in [1.29, 1.82) is 0 Å². The van der Waals surface area contributed by atoms with Crippen LogP contribution in [0.4, 0.5) is 4.39 Å². The van der Waals surface area contributed by atoms with E-state index in [2.05, 4.69) is 39.7 Å². The first kappa shape index (κ1) is 25.3. The van der Waals surface area contributed by atoms with Crippen LogP contribution in [0.1, 0.15) is 42.1 Å². The highest BCUT2D eigenvalue weighted by atomic mass is 35.5. The van der Waals surface area contributed by atoms with Crippen LogP contribution in [0.5, 0.6) is 0 Å². The van der Waals surface area contributed by atoms with Gasteiger partial charge in [0.25, 0.3) is 0 Å². The molecule has 38 heavy (non-hydrogen) atoms. The maximum Gasteiger partial charge on any atom is 0.195 e. The molecule has 1 saturated heterocycles. The molecule has 0 aliphatic carbocycles. The molecular formula is C31H31ClFN3O2. The minimum absolute atomic E-state index is 0.254. The zero-order chi connectivity index (χ0) is 26.1. The van der Waals surface area contributed by atoms with Gasteiger partial charge in [-0.2, -0.15) is 0 Å². The van der Waals surface area contributed by atoms with Crippen molar-refractivity contribution >= 4 is 34.3 Å². The first-order valence-electron chi connectivity index (χ1n) is 13.2. The standard InChI is InChI=1S/C31H31ClFN3O2/c1-22(23-9-13-34-14-10-23)20-36-29-8-5-25(32)19-27(29)28-21-35(16-11-30(28)36)15-2-12-31(37-17-18-38-31)24-3-6-26(33)7-4-24/h3-10,13-14,19-20H,2,11-12,15-18,21H2,1H3. The van der Waals surface area contributed by atoms with Crippen LogP contribution in [0.2, 0.25) is 5.02 Å². The predicted molar refractivity (Wildman–Crippen MR) is 149 cm³/mol. The van der Waals surface area contributed by atoms with E-state index in [1.807, 2.05) is 30.6 Å². The van der Waals surface area contributed by atoms with Gasteiger partial charge in [-0.25, -0.2) is 4.39 Å². The Bertz CT molecular complexity index is 1460. The van der Waals surface area contributed by atoms with Gasteiger partial charge in [-0.05, 0) is 79.1 Å². The average Bonchev–Trinajstić information content (AvgIpc) is 3.53. The van der Waals surface area contributed by atoms with Crippen LogP contribution in [-0.2, 0) is 28.2 Å². The van der Waals surface area contributed by atoms with E-state index >= 15 is 0 Å². The molecule has 4 aromatic rings. The molecule has 2 aromatic heterocycles. The number of hydrogen-bond acceptors (Lipinski definition) is 4. The molecule has 2 aliphatic heterocycles. The molecule has 0 bridgehead atoms. The summed E-state index contributed by atoms with van der Waals surface area (Å²) in [6, 6.07) is 16.8. The van der Waals surface area contributed by atoms with E-state index in [1.54, 1.807) is 12.1 Å². The third-order valence-electron chi connectivity index (χ3n) is 7.71. The molecule has 2 aromatic carbocycles. The summed E-state index contributed by atoms with van der Waals surface area (Å²) in [4.78, 5) is 6.65. The Kier molecular flexibility index (Phi) is 7.06. The number of hydrogen-bond donors (Lipinski definition) is 0. The monoisotopic (exact) mass is 531 g/mol. The molecule has 0 unspecified atom stereocenters. The van der Waals surface area contributed by atoms with Crippen molar-refractivity contribution < 1.29 is 13.9 Å². The largest absolute Gasteiger partial charge is 0.343 e. The zero-order valence-electron chi connectivity index (χ0n) is 21.5. The van der Waals surface area contributed by atoms with Gasteiger partial charge in [0.15, 0.2) is 5.79 Å². The third-order valence-corrected chi connectivity index (χ3v) is 7.94. The quantitative estimate of drug-likeness (QED) is 0.260. The highest BCUT2D eigenvalue weighted by Crippen LogP contribution is 2.37. The fraction of sp³-hybridized carbons (Fsp3) is 0.323. The lowest BCUT2D eigenvalue weighted by Crippen LogP contribution is -2.34. The first-order chi connectivity index (χ1) is 18.5. The van der Waals surface area contributed by atoms with Crippen LogP contribution in [0.3, 0.4) is 0 Å². The number of rotatable bonds is 7. The summed E-state index contributed by atoms with van der Waals surface area (Å²) in [6.45, 7) is 6.02. The summed E-state index contributed by atoms with van der Waals surface area (Å²) >= 11 is 6.45. The molecule has 2 aliphatic rings. The molecule has 0 saturated carbocycles. The highest BCUT2D eigenvalue weighted by molar-refractivity contribution is 6.31. The maximum atomic E-state index is 13.5. The molecule has 7 heteroatoms. The molecule has 196 valence electrons. The fourth-order valence-corrected chi connectivity index (χ4v) is 5.96. The second kappa shape index (κ2) is 10.6. The SMILES string of the molecule is CC(=Cn1c2c(c3cc(Cl)ccc31)CN(CCCC1(c3ccc(F)cc3)OCCO1)CC2)c1ccncc1. The lowest BCUT2D eigenvalue weighted by atomic mass is 9.99. The van der Waals surface area contributed by atoms with Gasteiger partial charge in [-0.3, -0.25) is 9.88 Å². The Morgan fingerprint density at radius 3 is 2.61 bits per heavy atom. The van der Waals surface area contributed by atoms with Crippen LogP contribution in [0.15, 0.2) is 67.0 Å². The van der Waals surface area contributed by atoms with Crippen molar-refractivity contribution in [2.24, 2.45) is 0 Å². The normalized spacial score (nSPS) is 17.7. The van der Waals surface area contributed by atoms with E-state index in [0.717, 1.165) is 55.0 Å². The number of nitrogens with zero attached hydrogens (tertiary/aromatic N) is 3. The minimum Gasteiger partial charge on any atom is -0.343 e. The molecule has 4 heterocycles. The Morgan fingerprint density at radius 2 is 1.84 bits per heavy atom. The number of halogens is 2. The minimum atomic E-state index is -0.784. The van der Waals surface area contributed by atoms with Crippen molar-refractivity contribution in [3.05, 3.63) is 100 Å². The molecule has 5 nitrogen and oxygen atoms in total. The van der Waals surface area contributed by atoms with E-state index < -0.39 is 5.79 Å². The van der Waals surface area contributed by atoms with Gasteiger partial charge in [-0.1, -0.05) is 23.7 Å². The average molecular weight is 532 g/mol. The molecular weight excluding hydrogens is 501 g/mol. The van der Waals surface area contributed by atoms with Gasteiger partial charge in [0, 0.05) is 66.2 Å². The van der Waals surface area contributed by atoms with Crippen LogP contribution in [0, 0.1) is 5.82 Å². The number of allylic oxidation sites excluding steroid dienone is 1. The summed E-state index contributed by atoms with van der Waals surface area (Å²) in [6.07, 6.45) is 8.49. The van der Waals surface area contributed by atoms with E-state index in [0.29, 0.717) is 13.2 Å². The molecule has 6 rings (SSSR count). The smallest absolute Gasteiger partial charge is 0.195 e. The number of fused-ring (bicyclic) bond motifs is 3. The number of pyridine rings is 1. The van der Waals surface area contributed by atoms with Gasteiger partial charge >= 0.3 is 0 Å². The van der Waals surface area contributed by atoms with Crippen LogP contribution >= 0.6 is 11.6 Å². The first-order valence-corrected chi connectivity index (χ1v) is 13.6. The second-order valence-electron chi connectivity index (χ2n) is 10.1. The summed E-state index contributed by atoms with van der Waals surface area (Å²) < 4.78 is 28.0. The zero-order valence-corrected chi connectivity index (χ0v) is 22.3. The Morgan fingerprint density at radius 1 is 1.08 bits per heavy atom. The summed E-state index contributed by atoms with van der Waals surface area (Å²) in [5.41, 5.74) is 7.09. The molecule has 0 atom stereocenters. The maximum absolute atomic E-state index is 13.5. The summed E-state index contributed by atoms with van der Waals surface area (Å²) in [5.74, 6) is -1.04. The van der Waals surface area contributed by atoms with Crippen LogP contribution in [-0.4, -0.2) is 40.8 Å². The molecule has 1 fully saturated rings. The number of benzene rings is 2. The molecule has 0 radical (unpaired) electrons. The lowest BCUT2D eigenvalue weighted by molar-refractivity contribution is -0.172. The number of aromatic nitrogens is 2. The molecule has 0 amide bonds. The number of ether oxygens (including phenoxy) is 2. The predicted octanol–water partition coefficient (Wildman–Crippen LogP) is 6.88. The summed E-state index contributed by atoms with van der Waals surface area (Å²) in [7, 11) is 0. The van der Waals surface area contributed by atoms with E-state index in [4.69, 9.17) is 21.1 Å². The topological polar surface area (TPSA) is 39.5 Å². The third kappa shape index (κ3) is 4.90. The van der Waals surface area contributed by atoms with Gasteiger partial charge in [0.05, 0.1) is 18.7 Å². The van der Waals surface area contributed by atoms with Gasteiger partial charge in [0.1, 0.15) is 5.82 Å². The van der Waals surface area contributed by atoms with Crippen molar-refractivity contribution in [1.82, 2.24) is 14.5 Å². The van der Waals surface area contributed by atoms with Gasteiger partial charge in [-0.15, -0.1) is 0 Å².